The third-order valence-corrected chi connectivity index (χ3v) is 5.66. The van der Waals surface area contributed by atoms with E-state index < -0.39 is 16.0 Å². The predicted octanol–water partition coefficient (Wildman–Crippen LogP) is 2.27. The molecule has 0 fully saturated rings. The van der Waals surface area contributed by atoms with Crippen molar-refractivity contribution in [3.63, 3.8) is 0 Å². The molecule has 0 amide bonds. The maximum Gasteiger partial charge on any atom is 0.384 e. The second-order valence-corrected chi connectivity index (χ2v) is 7.53. The fourth-order valence-electron chi connectivity index (χ4n) is 2.23. The van der Waals surface area contributed by atoms with Gasteiger partial charge in [0.15, 0.2) is 0 Å². The van der Waals surface area contributed by atoms with E-state index >= 15 is 0 Å². The molecule has 6 heteroatoms. The minimum Gasteiger partial charge on any atom is -0.459 e. The Bertz CT molecular complexity index is 783. The molecule has 0 unspecified atom stereocenters. The Kier molecular flexibility index (Phi) is 6.18. The Morgan fingerprint density at radius 1 is 1.29 bits per heavy atom. The summed E-state index contributed by atoms with van der Waals surface area (Å²) in [5.41, 5.74) is 2.12. The van der Waals surface area contributed by atoms with Crippen LogP contribution in [-0.2, 0) is 19.6 Å². The molecular formula is C18H21NO4S. The molecule has 0 aliphatic heterocycles. The fraction of sp³-hybridized carbons (Fsp3) is 0.389. The Labute approximate surface area is 143 Å². The molecular weight excluding hydrogens is 326 g/mol. The molecule has 0 N–H and O–H groups in total. The van der Waals surface area contributed by atoms with Gasteiger partial charge in [0.1, 0.15) is 0 Å². The number of methoxy groups -OCH3 is 1. The Hall–Kier alpha value is -2.10. The largest absolute Gasteiger partial charge is 0.459 e. The van der Waals surface area contributed by atoms with Gasteiger partial charge in [0.25, 0.3) is 0 Å². The average Bonchev–Trinajstić information content (AvgIpc) is 2.52. The van der Waals surface area contributed by atoms with Gasteiger partial charge in [0, 0.05) is 25.4 Å². The first kappa shape index (κ1) is 18.2. The SMILES string of the molecule is COC(=O)C#CCCN(CC1=CCC1)S(=O)(=O)c1ccc(C)cc1. The highest BCUT2D eigenvalue weighted by Crippen LogP contribution is 2.23. The zero-order valence-corrected chi connectivity index (χ0v) is 14.7. The number of carbonyl (C=O) groups is 1. The number of allylic oxidation sites excluding steroid dienone is 1. The summed E-state index contributed by atoms with van der Waals surface area (Å²) >= 11 is 0. The first-order valence-electron chi connectivity index (χ1n) is 7.75. The van der Waals surface area contributed by atoms with Gasteiger partial charge >= 0.3 is 5.97 Å². The van der Waals surface area contributed by atoms with E-state index in [9.17, 15) is 13.2 Å². The lowest BCUT2D eigenvalue weighted by Crippen LogP contribution is -2.34. The van der Waals surface area contributed by atoms with Crippen molar-refractivity contribution in [1.29, 1.82) is 0 Å². The van der Waals surface area contributed by atoms with Crippen LogP contribution in [0.3, 0.4) is 0 Å². The van der Waals surface area contributed by atoms with Crippen molar-refractivity contribution in [2.24, 2.45) is 0 Å². The topological polar surface area (TPSA) is 63.7 Å². The summed E-state index contributed by atoms with van der Waals surface area (Å²) in [6, 6.07) is 6.80. The molecule has 5 nitrogen and oxygen atoms in total. The molecule has 24 heavy (non-hydrogen) atoms. The number of benzene rings is 1. The third kappa shape index (κ3) is 4.70. The van der Waals surface area contributed by atoms with Crippen molar-refractivity contribution in [2.45, 2.75) is 31.1 Å². The summed E-state index contributed by atoms with van der Waals surface area (Å²) in [6.45, 7) is 2.52. The summed E-state index contributed by atoms with van der Waals surface area (Å²) < 4.78 is 31.6. The van der Waals surface area contributed by atoms with Crippen LogP contribution in [0, 0.1) is 18.8 Å². The van der Waals surface area contributed by atoms with Crippen molar-refractivity contribution in [1.82, 2.24) is 4.31 Å². The molecule has 0 saturated carbocycles. The third-order valence-electron chi connectivity index (χ3n) is 3.80. The predicted molar refractivity (Wildman–Crippen MR) is 91.7 cm³/mol. The van der Waals surface area contributed by atoms with Gasteiger partial charge in [-0.15, -0.1) is 0 Å². The number of ether oxygens (including phenoxy) is 1. The number of aryl methyl sites for hydroxylation is 1. The minimum absolute atomic E-state index is 0.234. The van der Waals surface area contributed by atoms with Gasteiger partial charge in [-0.05, 0) is 31.9 Å². The van der Waals surface area contributed by atoms with E-state index in [0.29, 0.717) is 6.54 Å². The van der Waals surface area contributed by atoms with Crippen LogP contribution in [-0.4, -0.2) is 38.9 Å². The molecule has 0 heterocycles. The monoisotopic (exact) mass is 347 g/mol. The quantitative estimate of drug-likeness (QED) is 0.343. The summed E-state index contributed by atoms with van der Waals surface area (Å²) in [5, 5.41) is 0. The van der Waals surface area contributed by atoms with Crippen molar-refractivity contribution >= 4 is 16.0 Å². The van der Waals surface area contributed by atoms with Gasteiger partial charge in [-0.2, -0.15) is 4.31 Å². The second-order valence-electron chi connectivity index (χ2n) is 5.60. The van der Waals surface area contributed by atoms with Crippen LogP contribution in [0.15, 0.2) is 40.8 Å². The van der Waals surface area contributed by atoms with E-state index in [2.05, 4.69) is 22.7 Å². The number of rotatable bonds is 6. The number of hydrogen-bond acceptors (Lipinski definition) is 4. The van der Waals surface area contributed by atoms with Crippen molar-refractivity contribution in [2.75, 3.05) is 20.2 Å². The maximum atomic E-state index is 12.9. The van der Waals surface area contributed by atoms with E-state index in [1.54, 1.807) is 24.3 Å². The van der Waals surface area contributed by atoms with Crippen LogP contribution in [0.4, 0.5) is 0 Å². The number of sulfonamides is 1. The number of esters is 1. The van der Waals surface area contributed by atoms with Crippen LogP contribution in [0.2, 0.25) is 0 Å². The lowest BCUT2D eigenvalue weighted by molar-refractivity contribution is -0.133. The molecule has 0 aromatic heterocycles. The number of carbonyl (C=O) groups excluding carboxylic acids is 1. The highest BCUT2D eigenvalue weighted by molar-refractivity contribution is 7.89. The molecule has 2 rings (SSSR count). The van der Waals surface area contributed by atoms with Crippen LogP contribution in [0.5, 0.6) is 0 Å². The summed E-state index contributed by atoms with van der Waals surface area (Å²) in [5.74, 6) is 4.36. The highest BCUT2D eigenvalue weighted by Gasteiger charge is 2.25. The Morgan fingerprint density at radius 3 is 2.50 bits per heavy atom. The molecule has 0 spiro atoms. The number of hydrogen-bond donors (Lipinski definition) is 0. The van der Waals surface area contributed by atoms with Gasteiger partial charge in [-0.3, -0.25) is 0 Å². The normalized spacial score (nSPS) is 13.5. The molecule has 0 saturated heterocycles. The van der Waals surface area contributed by atoms with Crippen molar-refractivity contribution < 1.29 is 17.9 Å². The van der Waals surface area contributed by atoms with Crippen molar-refractivity contribution in [3.8, 4) is 11.8 Å². The van der Waals surface area contributed by atoms with Gasteiger partial charge in [-0.1, -0.05) is 35.3 Å². The van der Waals surface area contributed by atoms with E-state index in [0.717, 1.165) is 24.0 Å². The maximum absolute atomic E-state index is 12.9. The van der Waals surface area contributed by atoms with Crippen LogP contribution < -0.4 is 0 Å². The first-order chi connectivity index (χ1) is 11.4. The highest BCUT2D eigenvalue weighted by atomic mass is 32.2. The minimum atomic E-state index is -3.59. The first-order valence-corrected chi connectivity index (χ1v) is 9.19. The summed E-state index contributed by atoms with van der Waals surface area (Å²) in [6.07, 6.45) is 4.24. The molecule has 1 aliphatic rings. The molecule has 0 bridgehead atoms. The molecule has 1 aromatic rings. The van der Waals surface area contributed by atoms with Gasteiger partial charge in [0.2, 0.25) is 10.0 Å². The lowest BCUT2D eigenvalue weighted by Gasteiger charge is -2.25. The molecule has 1 aromatic carbocycles. The standard InChI is InChI=1S/C18H21NO4S/c1-15-9-11-17(12-10-15)24(21,22)19(14-16-6-5-7-16)13-4-3-8-18(20)23-2/h6,9-12H,4-5,7,13-14H2,1-2H3. The van der Waals surface area contributed by atoms with E-state index in [1.165, 1.54) is 11.4 Å². The van der Waals surface area contributed by atoms with E-state index in [1.807, 2.05) is 6.92 Å². The van der Waals surface area contributed by atoms with Gasteiger partial charge in [-0.25, -0.2) is 13.2 Å². The Balaban J connectivity index is 2.16. The summed E-state index contributed by atoms with van der Waals surface area (Å²) in [4.78, 5) is 11.3. The smallest absolute Gasteiger partial charge is 0.384 e. The van der Waals surface area contributed by atoms with Crippen molar-refractivity contribution in [3.05, 3.63) is 41.5 Å². The van der Waals surface area contributed by atoms with Crippen LogP contribution in [0.1, 0.15) is 24.8 Å². The second kappa shape index (κ2) is 8.13. The Morgan fingerprint density at radius 2 is 1.96 bits per heavy atom. The van der Waals surface area contributed by atoms with Crippen LogP contribution in [0.25, 0.3) is 0 Å². The molecule has 0 radical (unpaired) electrons. The van der Waals surface area contributed by atoms with Crippen LogP contribution >= 0.6 is 0 Å². The molecule has 1 aliphatic carbocycles. The number of nitrogens with zero attached hydrogens (tertiary/aromatic N) is 1. The zero-order valence-electron chi connectivity index (χ0n) is 13.9. The molecule has 0 atom stereocenters. The average molecular weight is 347 g/mol. The zero-order chi connectivity index (χ0) is 17.6. The molecule has 128 valence electrons. The lowest BCUT2D eigenvalue weighted by atomic mass is 9.99. The summed E-state index contributed by atoms with van der Waals surface area (Å²) in [7, 11) is -2.33. The van der Waals surface area contributed by atoms with E-state index in [4.69, 9.17) is 0 Å². The van der Waals surface area contributed by atoms with Gasteiger partial charge in [0.05, 0.1) is 12.0 Å². The fourth-order valence-corrected chi connectivity index (χ4v) is 3.67. The van der Waals surface area contributed by atoms with E-state index in [-0.39, 0.29) is 17.9 Å². The van der Waals surface area contributed by atoms with Gasteiger partial charge < -0.3 is 4.74 Å².